The fraction of sp³-hybridized carbons (Fsp3) is 0.458. The van der Waals surface area contributed by atoms with E-state index in [1.54, 1.807) is 54.3 Å². The minimum absolute atomic E-state index is 0.106. The number of fused-ring (bicyclic) bond motifs is 1. The molecule has 180 valence electrons. The summed E-state index contributed by atoms with van der Waals surface area (Å²) in [5.74, 6) is 0.00949. The zero-order chi connectivity index (χ0) is 24.3. The Bertz CT molecular complexity index is 1070. The summed E-state index contributed by atoms with van der Waals surface area (Å²) in [6, 6.07) is 13.3. The van der Waals surface area contributed by atoms with Crippen LogP contribution in [0.25, 0.3) is 0 Å². The van der Waals surface area contributed by atoms with E-state index in [9.17, 15) is 18.3 Å². The molecule has 0 unspecified atom stereocenters. The average molecular weight is 476 g/mol. The average Bonchev–Trinajstić information content (AvgIpc) is 2.80. The highest BCUT2D eigenvalue weighted by atomic mass is 32.2. The molecule has 1 aliphatic rings. The van der Waals surface area contributed by atoms with E-state index in [1.807, 2.05) is 32.0 Å². The van der Waals surface area contributed by atoms with E-state index in [-0.39, 0.29) is 35.9 Å². The van der Waals surface area contributed by atoms with Crippen molar-refractivity contribution in [2.45, 2.75) is 30.9 Å². The van der Waals surface area contributed by atoms with Crippen LogP contribution in [0.2, 0.25) is 0 Å². The normalized spacial score (nSPS) is 20.0. The molecule has 0 saturated heterocycles. The van der Waals surface area contributed by atoms with Gasteiger partial charge in [-0.05, 0) is 31.2 Å². The topological polar surface area (TPSA) is 90.4 Å². The van der Waals surface area contributed by atoms with Crippen LogP contribution in [0.5, 0.6) is 5.75 Å². The molecule has 1 heterocycles. The van der Waals surface area contributed by atoms with Crippen molar-refractivity contribution in [1.29, 1.82) is 0 Å². The van der Waals surface area contributed by atoms with E-state index >= 15 is 0 Å². The van der Waals surface area contributed by atoms with Crippen LogP contribution in [0.1, 0.15) is 24.2 Å². The van der Waals surface area contributed by atoms with Gasteiger partial charge in [0.1, 0.15) is 6.10 Å². The number of anilines is 1. The highest BCUT2D eigenvalue weighted by Gasteiger charge is 2.36. The highest BCUT2D eigenvalue weighted by Crippen LogP contribution is 2.36. The van der Waals surface area contributed by atoms with E-state index in [2.05, 4.69) is 0 Å². The number of para-hydroxylation sites is 1. The number of aliphatic hydroxyl groups excluding tert-OH is 1. The maximum Gasteiger partial charge on any atom is 0.258 e. The number of aliphatic hydroxyl groups is 1. The lowest BCUT2D eigenvalue weighted by atomic mass is 9.99. The van der Waals surface area contributed by atoms with Crippen molar-refractivity contribution in [1.82, 2.24) is 9.21 Å². The molecule has 3 atom stereocenters. The number of likely N-dealkylation sites (N-methyl/N-ethyl adjacent to an activating group) is 1. The summed E-state index contributed by atoms with van der Waals surface area (Å²) < 4.78 is 34.0. The van der Waals surface area contributed by atoms with Crippen molar-refractivity contribution >= 4 is 21.6 Å². The lowest BCUT2D eigenvalue weighted by Gasteiger charge is -2.38. The zero-order valence-electron chi connectivity index (χ0n) is 19.8. The number of carbonyl (C=O) groups is 1. The Labute approximate surface area is 196 Å². The summed E-state index contributed by atoms with van der Waals surface area (Å²) in [6.45, 7) is 3.99. The summed E-state index contributed by atoms with van der Waals surface area (Å²) >= 11 is 0. The van der Waals surface area contributed by atoms with Crippen LogP contribution in [0.3, 0.4) is 0 Å². The highest BCUT2D eigenvalue weighted by molar-refractivity contribution is 7.89. The molecule has 1 aliphatic heterocycles. The second-order valence-electron chi connectivity index (χ2n) is 8.77. The van der Waals surface area contributed by atoms with Gasteiger partial charge >= 0.3 is 0 Å². The van der Waals surface area contributed by atoms with Gasteiger partial charge in [-0.1, -0.05) is 31.2 Å². The van der Waals surface area contributed by atoms with Gasteiger partial charge in [0.05, 0.1) is 35.3 Å². The molecule has 8 nitrogen and oxygen atoms in total. The second-order valence-corrected chi connectivity index (χ2v) is 10.8. The Balaban J connectivity index is 2.02. The van der Waals surface area contributed by atoms with Gasteiger partial charge < -0.3 is 19.6 Å². The number of hydrogen-bond donors (Lipinski definition) is 1. The van der Waals surface area contributed by atoms with E-state index in [1.165, 1.54) is 11.4 Å². The molecule has 0 spiro atoms. The lowest BCUT2D eigenvalue weighted by Crippen LogP contribution is -2.50. The third-order valence-corrected chi connectivity index (χ3v) is 7.88. The second kappa shape index (κ2) is 10.1. The molecule has 9 heteroatoms. The van der Waals surface area contributed by atoms with E-state index in [0.29, 0.717) is 17.9 Å². The molecule has 0 aliphatic carbocycles. The maximum atomic E-state index is 13.4. The number of ether oxygens (including phenoxy) is 1. The van der Waals surface area contributed by atoms with Gasteiger partial charge in [0, 0.05) is 33.6 Å². The van der Waals surface area contributed by atoms with Crippen molar-refractivity contribution in [3.8, 4) is 5.75 Å². The molecular formula is C24H33N3O5S. The first kappa shape index (κ1) is 25.0. The molecule has 2 aromatic carbocycles. The van der Waals surface area contributed by atoms with Crippen molar-refractivity contribution < 1.29 is 23.1 Å². The molecule has 33 heavy (non-hydrogen) atoms. The van der Waals surface area contributed by atoms with Gasteiger partial charge in [-0.25, -0.2) is 8.42 Å². The largest absolute Gasteiger partial charge is 0.486 e. The summed E-state index contributed by atoms with van der Waals surface area (Å²) in [5, 5.41) is 9.77. The van der Waals surface area contributed by atoms with Gasteiger partial charge in [0.25, 0.3) is 5.91 Å². The monoisotopic (exact) mass is 475 g/mol. The minimum Gasteiger partial charge on any atom is -0.486 e. The predicted molar refractivity (Wildman–Crippen MR) is 128 cm³/mol. The van der Waals surface area contributed by atoms with Crippen LogP contribution in [0.15, 0.2) is 53.4 Å². The fourth-order valence-corrected chi connectivity index (χ4v) is 5.13. The minimum atomic E-state index is -3.71. The van der Waals surface area contributed by atoms with Gasteiger partial charge in [-0.2, -0.15) is 4.31 Å². The summed E-state index contributed by atoms with van der Waals surface area (Å²) in [7, 11) is 1.55. The van der Waals surface area contributed by atoms with Crippen LogP contribution >= 0.6 is 0 Å². The van der Waals surface area contributed by atoms with Crippen LogP contribution in [-0.4, -0.2) is 81.6 Å². The van der Waals surface area contributed by atoms with Gasteiger partial charge in [0.15, 0.2) is 5.75 Å². The van der Waals surface area contributed by atoms with E-state index in [4.69, 9.17) is 4.74 Å². The zero-order valence-corrected chi connectivity index (χ0v) is 20.6. The Morgan fingerprint density at radius 3 is 2.39 bits per heavy atom. The van der Waals surface area contributed by atoms with Crippen molar-refractivity contribution in [3.63, 3.8) is 0 Å². The summed E-state index contributed by atoms with van der Waals surface area (Å²) in [6.07, 6.45) is -0.519. The Morgan fingerprint density at radius 1 is 1.12 bits per heavy atom. The smallest absolute Gasteiger partial charge is 0.258 e. The van der Waals surface area contributed by atoms with Crippen molar-refractivity contribution in [3.05, 3.63) is 54.1 Å². The Morgan fingerprint density at radius 2 is 1.79 bits per heavy atom. The van der Waals surface area contributed by atoms with Gasteiger partial charge in [-0.3, -0.25) is 4.79 Å². The number of nitrogens with zero attached hydrogens (tertiary/aromatic N) is 3. The number of amides is 1. The molecule has 3 rings (SSSR count). The molecule has 0 radical (unpaired) electrons. The SMILES string of the molecule is C[C@H](CO)N1C[C@H](C)[C@H](CN(C)S(=O)(=O)c2ccccc2)Oc2c(cccc2N(C)C)C1=O. The quantitative estimate of drug-likeness (QED) is 0.661. The number of benzene rings is 2. The first-order chi connectivity index (χ1) is 15.6. The van der Waals surface area contributed by atoms with Crippen molar-refractivity contribution in [2.24, 2.45) is 5.92 Å². The van der Waals surface area contributed by atoms with Crippen LogP contribution in [0.4, 0.5) is 5.69 Å². The van der Waals surface area contributed by atoms with Crippen LogP contribution in [-0.2, 0) is 10.0 Å². The number of carbonyl (C=O) groups excluding carboxylic acids is 1. The van der Waals surface area contributed by atoms with Crippen molar-refractivity contribution in [2.75, 3.05) is 45.7 Å². The number of sulfonamides is 1. The molecule has 1 N–H and O–H groups in total. The first-order valence-electron chi connectivity index (χ1n) is 11.0. The van der Waals surface area contributed by atoms with Crippen LogP contribution < -0.4 is 9.64 Å². The molecule has 2 aromatic rings. The molecule has 0 aromatic heterocycles. The first-order valence-corrected chi connectivity index (χ1v) is 12.4. The molecule has 0 saturated carbocycles. The standard InChI is InChI=1S/C24H33N3O5S/c1-17-14-27(18(2)16-28)24(29)20-12-9-13-21(25(3)4)23(20)32-22(17)15-26(5)33(30,31)19-10-7-6-8-11-19/h6-13,17-18,22,28H,14-16H2,1-5H3/t17-,18+,22-/m0/s1. The number of rotatable bonds is 7. The van der Waals surface area contributed by atoms with Crippen LogP contribution in [0, 0.1) is 5.92 Å². The van der Waals surface area contributed by atoms with Gasteiger partial charge in [0.2, 0.25) is 10.0 Å². The maximum absolute atomic E-state index is 13.4. The van der Waals surface area contributed by atoms with E-state index < -0.39 is 16.1 Å². The summed E-state index contributed by atoms with van der Waals surface area (Å²) in [5.41, 5.74) is 1.12. The molecule has 1 amide bonds. The Hall–Kier alpha value is -2.62. The fourth-order valence-electron chi connectivity index (χ4n) is 3.92. The third kappa shape index (κ3) is 5.15. The van der Waals surface area contributed by atoms with E-state index in [0.717, 1.165) is 5.69 Å². The lowest BCUT2D eigenvalue weighted by molar-refractivity contribution is 0.0388. The van der Waals surface area contributed by atoms with Gasteiger partial charge in [-0.15, -0.1) is 0 Å². The molecular weight excluding hydrogens is 442 g/mol. The number of hydrogen-bond acceptors (Lipinski definition) is 6. The Kier molecular flexibility index (Phi) is 7.66. The predicted octanol–water partition coefficient (Wildman–Crippen LogP) is 2.29. The summed E-state index contributed by atoms with van der Waals surface area (Å²) in [4.78, 5) is 17.1. The molecule has 0 bridgehead atoms. The third-order valence-electron chi connectivity index (χ3n) is 6.04. The molecule has 0 fully saturated rings.